The van der Waals surface area contributed by atoms with Crippen molar-refractivity contribution < 1.29 is 9.72 Å². The number of thioether (sulfide) groups is 1. The summed E-state index contributed by atoms with van der Waals surface area (Å²) in [5.74, 6) is 1.10. The molecular formula is C25H22Cl2N6O3S. The van der Waals surface area contributed by atoms with E-state index in [9.17, 15) is 14.9 Å². The van der Waals surface area contributed by atoms with Crippen molar-refractivity contribution in [1.82, 2.24) is 20.1 Å². The number of anilines is 1. The molecule has 0 aliphatic heterocycles. The Labute approximate surface area is 227 Å². The fourth-order valence-electron chi connectivity index (χ4n) is 3.58. The van der Waals surface area contributed by atoms with Gasteiger partial charge in [0.15, 0.2) is 11.0 Å². The number of nitrogens with zero attached hydrogens (tertiary/aromatic N) is 4. The van der Waals surface area contributed by atoms with Crippen molar-refractivity contribution in [1.29, 1.82) is 0 Å². The van der Waals surface area contributed by atoms with Crippen molar-refractivity contribution in [2.75, 3.05) is 5.32 Å². The Morgan fingerprint density at radius 1 is 1.11 bits per heavy atom. The van der Waals surface area contributed by atoms with E-state index in [1.54, 1.807) is 35.8 Å². The van der Waals surface area contributed by atoms with E-state index in [1.807, 2.05) is 25.1 Å². The number of hydrogen-bond donors (Lipinski definition) is 2. The zero-order valence-corrected chi connectivity index (χ0v) is 22.1. The SMILES string of the molecule is Cc1cccc(CSc2nnc(C(C)NC(=O)Nc3ccc(Cl)cc3Cl)n2-c2ccc([N+](=O)[O-])cc2)c1. The number of benzene rings is 3. The van der Waals surface area contributed by atoms with Crippen LogP contribution in [0.25, 0.3) is 5.69 Å². The fraction of sp³-hybridized carbons (Fsp3) is 0.160. The fourth-order valence-corrected chi connectivity index (χ4v) is 4.94. The molecule has 3 aromatic carbocycles. The van der Waals surface area contributed by atoms with Crippen molar-refractivity contribution >= 4 is 52.4 Å². The number of carbonyl (C=O) groups is 1. The summed E-state index contributed by atoms with van der Waals surface area (Å²) in [6.07, 6.45) is 0. The maximum atomic E-state index is 12.7. The van der Waals surface area contributed by atoms with Gasteiger partial charge in [-0.1, -0.05) is 64.8 Å². The summed E-state index contributed by atoms with van der Waals surface area (Å²) in [6, 6.07) is 17.9. The lowest BCUT2D eigenvalue weighted by molar-refractivity contribution is -0.384. The van der Waals surface area contributed by atoms with Crippen LogP contribution < -0.4 is 10.6 Å². The summed E-state index contributed by atoms with van der Waals surface area (Å²) in [6.45, 7) is 3.80. The van der Waals surface area contributed by atoms with E-state index in [2.05, 4.69) is 26.9 Å². The molecule has 0 spiro atoms. The number of nitro benzene ring substituents is 1. The molecule has 2 N–H and O–H groups in total. The van der Waals surface area contributed by atoms with Crippen LogP contribution in [0.15, 0.2) is 71.9 Å². The molecule has 0 fully saturated rings. The minimum Gasteiger partial charge on any atom is -0.328 e. The Morgan fingerprint density at radius 3 is 2.54 bits per heavy atom. The molecule has 0 bridgehead atoms. The Bertz CT molecular complexity index is 1440. The molecular weight excluding hydrogens is 535 g/mol. The van der Waals surface area contributed by atoms with Crippen LogP contribution in [0.2, 0.25) is 10.0 Å². The largest absolute Gasteiger partial charge is 0.328 e. The second kappa shape index (κ2) is 11.6. The van der Waals surface area contributed by atoms with Crippen LogP contribution in [0, 0.1) is 17.0 Å². The van der Waals surface area contributed by atoms with Gasteiger partial charge in [-0.2, -0.15) is 0 Å². The van der Waals surface area contributed by atoms with Crippen molar-refractivity contribution in [2.45, 2.75) is 30.8 Å². The average molecular weight is 557 g/mol. The lowest BCUT2D eigenvalue weighted by atomic mass is 10.2. The van der Waals surface area contributed by atoms with E-state index in [-0.39, 0.29) is 5.69 Å². The topological polar surface area (TPSA) is 115 Å². The quantitative estimate of drug-likeness (QED) is 0.137. The first-order valence-corrected chi connectivity index (χ1v) is 12.9. The number of rotatable bonds is 8. The molecule has 1 aromatic heterocycles. The number of aryl methyl sites for hydroxylation is 1. The Morgan fingerprint density at radius 2 is 1.86 bits per heavy atom. The zero-order valence-electron chi connectivity index (χ0n) is 19.8. The number of hydrogen-bond acceptors (Lipinski definition) is 6. The number of carbonyl (C=O) groups excluding carboxylic acids is 1. The maximum Gasteiger partial charge on any atom is 0.319 e. The number of urea groups is 1. The van der Waals surface area contributed by atoms with Gasteiger partial charge in [-0.05, 0) is 49.7 Å². The molecule has 190 valence electrons. The number of halogens is 2. The van der Waals surface area contributed by atoms with Gasteiger partial charge < -0.3 is 10.6 Å². The first-order valence-electron chi connectivity index (χ1n) is 11.1. The summed E-state index contributed by atoms with van der Waals surface area (Å²) >= 11 is 13.6. The molecule has 4 aromatic rings. The molecule has 9 nitrogen and oxygen atoms in total. The third kappa shape index (κ3) is 6.59. The predicted molar refractivity (Wildman–Crippen MR) is 146 cm³/mol. The summed E-state index contributed by atoms with van der Waals surface area (Å²) < 4.78 is 1.78. The molecule has 0 saturated heterocycles. The van der Waals surface area contributed by atoms with E-state index < -0.39 is 17.0 Å². The second-order valence-corrected chi connectivity index (χ2v) is 9.96. The lowest BCUT2D eigenvalue weighted by Crippen LogP contribution is -2.32. The molecule has 0 radical (unpaired) electrons. The number of amides is 2. The van der Waals surface area contributed by atoms with Gasteiger partial charge in [0.1, 0.15) is 0 Å². The standard InChI is InChI=1S/C25H22Cl2N6O3S/c1-15-4-3-5-17(12-15)14-37-25-31-30-23(32(25)19-7-9-20(10-8-19)33(35)36)16(2)28-24(34)29-22-11-6-18(26)13-21(22)27/h3-13,16H,14H2,1-2H3,(H2,28,29,34). The number of nitro groups is 1. The highest BCUT2D eigenvalue weighted by atomic mass is 35.5. The summed E-state index contributed by atoms with van der Waals surface area (Å²) in [4.78, 5) is 23.4. The minimum absolute atomic E-state index is 0.0299. The monoisotopic (exact) mass is 556 g/mol. The van der Waals surface area contributed by atoms with Crippen LogP contribution in [-0.4, -0.2) is 25.7 Å². The van der Waals surface area contributed by atoms with Gasteiger partial charge in [0.05, 0.1) is 21.7 Å². The van der Waals surface area contributed by atoms with Gasteiger partial charge in [-0.25, -0.2) is 4.79 Å². The molecule has 12 heteroatoms. The molecule has 0 saturated carbocycles. The Hall–Kier alpha value is -3.60. The predicted octanol–water partition coefficient (Wildman–Crippen LogP) is 6.97. The average Bonchev–Trinajstić information content (AvgIpc) is 3.29. The number of non-ortho nitro benzene ring substituents is 1. The van der Waals surface area contributed by atoms with Gasteiger partial charge in [-0.15, -0.1) is 10.2 Å². The third-order valence-corrected chi connectivity index (χ3v) is 6.89. The Kier molecular flexibility index (Phi) is 8.32. The van der Waals surface area contributed by atoms with E-state index in [1.165, 1.54) is 30.0 Å². The highest BCUT2D eigenvalue weighted by Crippen LogP contribution is 2.29. The molecule has 1 heterocycles. The molecule has 1 atom stereocenters. The van der Waals surface area contributed by atoms with Crippen LogP contribution in [-0.2, 0) is 5.75 Å². The number of aromatic nitrogens is 3. The summed E-state index contributed by atoms with van der Waals surface area (Å²) in [5, 5.41) is 26.7. The normalized spacial score (nSPS) is 11.7. The van der Waals surface area contributed by atoms with Crippen LogP contribution in [0.5, 0.6) is 0 Å². The number of nitrogens with one attached hydrogen (secondary N) is 2. The molecule has 1 unspecified atom stereocenters. The summed E-state index contributed by atoms with van der Waals surface area (Å²) in [5.41, 5.74) is 3.28. The smallest absolute Gasteiger partial charge is 0.319 e. The first-order chi connectivity index (χ1) is 17.7. The van der Waals surface area contributed by atoms with E-state index in [4.69, 9.17) is 23.2 Å². The van der Waals surface area contributed by atoms with Crippen LogP contribution in [0.3, 0.4) is 0 Å². The van der Waals surface area contributed by atoms with E-state index >= 15 is 0 Å². The van der Waals surface area contributed by atoms with Gasteiger partial charge in [0.2, 0.25) is 0 Å². The highest BCUT2D eigenvalue weighted by molar-refractivity contribution is 7.98. The third-order valence-electron chi connectivity index (χ3n) is 5.34. The molecule has 0 aliphatic rings. The van der Waals surface area contributed by atoms with Crippen molar-refractivity contribution in [2.24, 2.45) is 0 Å². The maximum absolute atomic E-state index is 12.7. The zero-order chi connectivity index (χ0) is 26.5. The van der Waals surface area contributed by atoms with Crippen LogP contribution >= 0.6 is 35.0 Å². The van der Waals surface area contributed by atoms with Crippen molar-refractivity contribution in [3.05, 3.63) is 104 Å². The van der Waals surface area contributed by atoms with E-state index in [0.29, 0.717) is 38.2 Å². The molecule has 0 aliphatic carbocycles. The van der Waals surface area contributed by atoms with Crippen LogP contribution in [0.1, 0.15) is 29.9 Å². The van der Waals surface area contributed by atoms with Crippen LogP contribution in [0.4, 0.5) is 16.2 Å². The van der Waals surface area contributed by atoms with Gasteiger partial charge >= 0.3 is 6.03 Å². The first kappa shape index (κ1) is 26.5. The molecule has 37 heavy (non-hydrogen) atoms. The molecule has 4 rings (SSSR count). The minimum atomic E-state index is -0.568. The van der Waals surface area contributed by atoms with Gasteiger partial charge in [0.25, 0.3) is 5.69 Å². The lowest BCUT2D eigenvalue weighted by Gasteiger charge is -2.17. The Balaban J connectivity index is 1.59. The van der Waals surface area contributed by atoms with Crippen molar-refractivity contribution in [3.63, 3.8) is 0 Å². The van der Waals surface area contributed by atoms with E-state index in [0.717, 1.165) is 11.1 Å². The second-order valence-electron chi connectivity index (χ2n) is 8.17. The molecule has 2 amide bonds. The highest BCUT2D eigenvalue weighted by Gasteiger charge is 2.22. The van der Waals surface area contributed by atoms with Gasteiger partial charge in [0, 0.05) is 28.6 Å². The summed E-state index contributed by atoms with van der Waals surface area (Å²) in [7, 11) is 0. The van der Waals surface area contributed by atoms with Gasteiger partial charge in [-0.3, -0.25) is 14.7 Å². The van der Waals surface area contributed by atoms with Crippen molar-refractivity contribution in [3.8, 4) is 5.69 Å².